The molecule has 0 aliphatic carbocycles. The topological polar surface area (TPSA) is 36.9 Å². The fourth-order valence-corrected chi connectivity index (χ4v) is 4.58. The minimum atomic E-state index is -0.605. The molecule has 0 N–H and O–H groups in total. The van der Waals surface area contributed by atoms with Gasteiger partial charge >= 0.3 is 0 Å². The van der Waals surface area contributed by atoms with Crippen molar-refractivity contribution in [3.63, 3.8) is 0 Å². The first kappa shape index (κ1) is 21.0. The maximum Gasteiger partial charge on any atom is 0.164 e. The minimum absolute atomic E-state index is 0.0190. The van der Waals surface area contributed by atoms with Gasteiger partial charge in [0.25, 0.3) is 0 Å². The van der Waals surface area contributed by atoms with Crippen LogP contribution in [0.15, 0.2) is 43.0 Å². The summed E-state index contributed by atoms with van der Waals surface area (Å²) in [5.41, 5.74) is 1.19. The van der Waals surface area contributed by atoms with Crippen molar-refractivity contribution in [3.8, 4) is 0 Å². The third-order valence-corrected chi connectivity index (χ3v) is 6.59. The van der Waals surface area contributed by atoms with Crippen LogP contribution in [0.25, 0.3) is 0 Å². The van der Waals surface area contributed by atoms with Gasteiger partial charge in [-0.05, 0) is 38.2 Å². The molecular formula is C22H31BrO4. The number of alkyl halides is 1. The summed E-state index contributed by atoms with van der Waals surface area (Å²) in [6.07, 6.45) is 3.42. The Balaban J connectivity index is 1.54. The minimum Gasteiger partial charge on any atom is -0.377 e. The van der Waals surface area contributed by atoms with E-state index in [4.69, 9.17) is 18.9 Å². The van der Waals surface area contributed by atoms with Crippen LogP contribution in [0.3, 0.4) is 0 Å². The number of hydrogen-bond donors (Lipinski definition) is 0. The Morgan fingerprint density at radius 2 is 2.00 bits per heavy atom. The monoisotopic (exact) mass is 438 g/mol. The molecule has 2 saturated heterocycles. The van der Waals surface area contributed by atoms with E-state index in [1.165, 1.54) is 5.56 Å². The van der Waals surface area contributed by atoms with Gasteiger partial charge in [-0.3, -0.25) is 0 Å². The number of rotatable bonds is 7. The zero-order chi connectivity index (χ0) is 19.4. The molecule has 150 valence electrons. The smallest absolute Gasteiger partial charge is 0.164 e. The Bertz CT molecular complexity index is 606. The highest BCUT2D eigenvalue weighted by Crippen LogP contribution is 2.39. The highest BCUT2D eigenvalue weighted by molar-refractivity contribution is 9.09. The summed E-state index contributed by atoms with van der Waals surface area (Å²) < 4.78 is 24.4. The van der Waals surface area contributed by atoms with Crippen LogP contribution in [-0.2, 0) is 25.6 Å². The van der Waals surface area contributed by atoms with E-state index in [9.17, 15) is 0 Å². The molecule has 0 bridgehead atoms. The van der Waals surface area contributed by atoms with Crippen LogP contribution in [0.1, 0.15) is 39.2 Å². The van der Waals surface area contributed by atoms with Gasteiger partial charge in [0, 0.05) is 11.4 Å². The summed E-state index contributed by atoms with van der Waals surface area (Å²) in [6.45, 7) is 11.3. The van der Waals surface area contributed by atoms with Crippen molar-refractivity contribution in [2.45, 2.75) is 75.2 Å². The summed E-state index contributed by atoms with van der Waals surface area (Å²) in [4.78, 5) is 0.383. The Hall–Kier alpha value is -0.720. The number of ether oxygens (including phenoxy) is 4. The normalized spacial score (nSPS) is 35.9. The highest BCUT2D eigenvalue weighted by atomic mass is 79.9. The first-order chi connectivity index (χ1) is 12.9. The zero-order valence-corrected chi connectivity index (χ0v) is 18.1. The summed E-state index contributed by atoms with van der Waals surface area (Å²) in [5, 5.41) is 0. The summed E-state index contributed by atoms with van der Waals surface area (Å²) in [7, 11) is 0. The molecule has 2 heterocycles. The lowest BCUT2D eigenvalue weighted by Gasteiger charge is -2.41. The third kappa shape index (κ3) is 5.42. The molecule has 0 saturated carbocycles. The first-order valence-electron chi connectivity index (χ1n) is 9.79. The SMILES string of the molecule is C=C[C@@H]1OC(C)(C)O[C@@H]1[C@H]1C[C@H](Br)[C@@H](C)[C@@H](CCOCc2ccccc2)O1. The largest absolute Gasteiger partial charge is 0.377 e. The molecule has 2 fully saturated rings. The zero-order valence-electron chi connectivity index (χ0n) is 16.5. The molecule has 1 aromatic carbocycles. The number of benzene rings is 1. The van der Waals surface area contributed by atoms with Crippen molar-refractivity contribution < 1.29 is 18.9 Å². The van der Waals surface area contributed by atoms with E-state index in [1.807, 2.05) is 38.1 Å². The maximum absolute atomic E-state index is 6.47. The van der Waals surface area contributed by atoms with Crippen molar-refractivity contribution in [3.05, 3.63) is 48.6 Å². The van der Waals surface area contributed by atoms with Crippen LogP contribution in [0.2, 0.25) is 0 Å². The van der Waals surface area contributed by atoms with Gasteiger partial charge in [0.1, 0.15) is 12.2 Å². The van der Waals surface area contributed by atoms with E-state index in [0.717, 1.165) is 12.8 Å². The fourth-order valence-electron chi connectivity index (χ4n) is 3.87. The first-order valence-corrected chi connectivity index (χ1v) is 10.7. The Morgan fingerprint density at radius 3 is 2.70 bits per heavy atom. The van der Waals surface area contributed by atoms with Crippen LogP contribution < -0.4 is 0 Å². The molecular weight excluding hydrogens is 408 g/mol. The second-order valence-electron chi connectivity index (χ2n) is 7.95. The van der Waals surface area contributed by atoms with Crippen molar-refractivity contribution in [1.82, 2.24) is 0 Å². The van der Waals surface area contributed by atoms with Crippen molar-refractivity contribution in [1.29, 1.82) is 0 Å². The number of halogens is 1. The summed E-state index contributed by atoms with van der Waals surface area (Å²) >= 11 is 3.85. The van der Waals surface area contributed by atoms with Gasteiger partial charge in [-0.1, -0.05) is 59.3 Å². The van der Waals surface area contributed by atoms with Crippen molar-refractivity contribution in [2.24, 2.45) is 5.92 Å². The van der Waals surface area contributed by atoms with Crippen LogP contribution in [0.4, 0.5) is 0 Å². The van der Waals surface area contributed by atoms with Gasteiger partial charge in [-0.2, -0.15) is 0 Å². The lowest BCUT2D eigenvalue weighted by molar-refractivity contribution is -0.177. The molecule has 3 rings (SSSR count). The maximum atomic E-state index is 6.47. The molecule has 2 aliphatic rings. The average molecular weight is 439 g/mol. The van der Waals surface area contributed by atoms with Crippen LogP contribution in [0, 0.1) is 5.92 Å². The molecule has 0 unspecified atom stereocenters. The van der Waals surface area contributed by atoms with E-state index >= 15 is 0 Å². The Kier molecular flexibility index (Phi) is 7.14. The van der Waals surface area contributed by atoms with Crippen LogP contribution in [-0.4, -0.2) is 41.6 Å². The quantitative estimate of drug-likeness (QED) is 0.346. The van der Waals surface area contributed by atoms with Gasteiger partial charge in [0.15, 0.2) is 5.79 Å². The lowest BCUT2D eigenvalue weighted by atomic mass is 9.89. The van der Waals surface area contributed by atoms with E-state index in [0.29, 0.717) is 24.0 Å². The third-order valence-electron chi connectivity index (χ3n) is 5.38. The summed E-state index contributed by atoms with van der Waals surface area (Å²) in [5.74, 6) is -0.189. The van der Waals surface area contributed by atoms with E-state index in [2.05, 4.69) is 41.6 Å². The van der Waals surface area contributed by atoms with E-state index in [1.54, 1.807) is 0 Å². The van der Waals surface area contributed by atoms with Gasteiger partial charge in [-0.15, -0.1) is 6.58 Å². The van der Waals surface area contributed by atoms with Gasteiger partial charge < -0.3 is 18.9 Å². The molecule has 6 atom stereocenters. The van der Waals surface area contributed by atoms with Crippen molar-refractivity contribution >= 4 is 15.9 Å². The second-order valence-corrected chi connectivity index (χ2v) is 9.13. The van der Waals surface area contributed by atoms with E-state index < -0.39 is 5.79 Å². The molecule has 2 aliphatic heterocycles. The molecule has 5 heteroatoms. The Labute approximate surface area is 171 Å². The Morgan fingerprint density at radius 1 is 1.26 bits per heavy atom. The fraction of sp³-hybridized carbons (Fsp3) is 0.636. The number of hydrogen-bond acceptors (Lipinski definition) is 4. The molecule has 0 amide bonds. The lowest BCUT2D eigenvalue weighted by Crippen LogP contribution is -2.48. The molecule has 0 spiro atoms. The average Bonchev–Trinajstić information content (AvgIpc) is 2.97. The second kappa shape index (κ2) is 9.19. The van der Waals surface area contributed by atoms with Gasteiger partial charge in [0.05, 0.1) is 18.8 Å². The van der Waals surface area contributed by atoms with E-state index in [-0.39, 0.29) is 24.4 Å². The summed E-state index contributed by atoms with van der Waals surface area (Å²) in [6, 6.07) is 10.3. The van der Waals surface area contributed by atoms with Crippen molar-refractivity contribution in [2.75, 3.05) is 6.61 Å². The standard InChI is InChI=1S/C22H31BrO4/c1-5-18-21(27-22(3,4)26-18)20-13-17(23)15(2)19(25-20)11-12-24-14-16-9-7-6-8-10-16/h5-10,15,17-21H,1,11-14H2,2-4H3/t15-,17+,18+,19-,20-,21+/m1/s1. The highest BCUT2D eigenvalue weighted by Gasteiger charge is 2.48. The predicted octanol–water partition coefficient (Wildman–Crippen LogP) is 4.86. The molecule has 0 radical (unpaired) electrons. The molecule has 4 nitrogen and oxygen atoms in total. The van der Waals surface area contributed by atoms with Gasteiger partial charge in [0.2, 0.25) is 0 Å². The van der Waals surface area contributed by atoms with Gasteiger partial charge in [-0.25, -0.2) is 0 Å². The molecule has 27 heavy (non-hydrogen) atoms. The van der Waals surface area contributed by atoms with Crippen LogP contribution in [0.5, 0.6) is 0 Å². The van der Waals surface area contributed by atoms with Crippen LogP contribution >= 0.6 is 15.9 Å². The molecule has 1 aromatic rings. The predicted molar refractivity (Wildman–Crippen MR) is 110 cm³/mol. The molecule has 0 aromatic heterocycles.